The van der Waals surface area contributed by atoms with E-state index in [-0.39, 0.29) is 11.2 Å². The fourth-order valence-corrected chi connectivity index (χ4v) is 3.57. The molecule has 27 heavy (non-hydrogen) atoms. The highest BCUT2D eigenvalue weighted by Crippen LogP contribution is 2.34. The summed E-state index contributed by atoms with van der Waals surface area (Å²) in [6.45, 7) is 2.63. The summed E-state index contributed by atoms with van der Waals surface area (Å²) in [6, 6.07) is 10.4. The van der Waals surface area contributed by atoms with Gasteiger partial charge in [-0.3, -0.25) is 4.79 Å². The molecule has 0 aromatic heterocycles. The number of benzene rings is 2. The Bertz CT molecular complexity index is 788. The Labute approximate surface area is 173 Å². The molecule has 1 atom stereocenters. The summed E-state index contributed by atoms with van der Waals surface area (Å²) >= 11 is 13.5. The molecule has 2 rings (SSSR count). The van der Waals surface area contributed by atoms with E-state index in [4.69, 9.17) is 37.4 Å². The second-order valence-corrected chi connectivity index (χ2v) is 7.76. The number of carbonyl (C=O) groups excluding carboxylic acids is 1. The van der Waals surface area contributed by atoms with Crippen molar-refractivity contribution in [3.05, 3.63) is 46.4 Å². The van der Waals surface area contributed by atoms with E-state index in [1.807, 2.05) is 0 Å². The van der Waals surface area contributed by atoms with Crippen LogP contribution in [0.2, 0.25) is 10.0 Å². The Balaban J connectivity index is 2.05. The van der Waals surface area contributed by atoms with Gasteiger partial charge in [0.15, 0.2) is 11.5 Å². The van der Waals surface area contributed by atoms with Crippen LogP contribution in [0.1, 0.15) is 6.92 Å². The zero-order chi connectivity index (χ0) is 19.8. The predicted octanol–water partition coefficient (Wildman–Crippen LogP) is 5.15. The van der Waals surface area contributed by atoms with Crippen molar-refractivity contribution in [1.82, 2.24) is 0 Å². The lowest BCUT2D eigenvalue weighted by molar-refractivity contribution is -0.115. The van der Waals surface area contributed by atoms with Crippen LogP contribution in [-0.2, 0) is 9.53 Å². The van der Waals surface area contributed by atoms with Crippen LogP contribution >= 0.6 is 35.0 Å². The fraction of sp³-hybridized carbons (Fsp3) is 0.316. The summed E-state index contributed by atoms with van der Waals surface area (Å²) in [6.07, 6.45) is 0. The van der Waals surface area contributed by atoms with E-state index < -0.39 is 0 Å². The normalized spacial score (nSPS) is 11.7. The number of anilines is 1. The van der Waals surface area contributed by atoms with Crippen LogP contribution in [0.25, 0.3) is 0 Å². The number of methoxy groups -OCH3 is 2. The minimum atomic E-state index is -0.374. The molecule has 2 aromatic carbocycles. The van der Waals surface area contributed by atoms with Crippen molar-refractivity contribution in [3.63, 3.8) is 0 Å². The number of halogens is 2. The minimum Gasteiger partial charge on any atom is -0.493 e. The van der Waals surface area contributed by atoms with Gasteiger partial charge in [0.2, 0.25) is 5.91 Å². The summed E-state index contributed by atoms with van der Waals surface area (Å²) in [5.74, 6) is 0.951. The number of rotatable bonds is 9. The molecule has 0 saturated carbocycles. The highest BCUT2D eigenvalue weighted by atomic mass is 35.5. The summed E-state index contributed by atoms with van der Waals surface area (Å²) in [4.78, 5) is 13.3. The van der Waals surface area contributed by atoms with E-state index >= 15 is 0 Å². The largest absolute Gasteiger partial charge is 0.493 e. The quantitative estimate of drug-likeness (QED) is 0.441. The van der Waals surface area contributed by atoms with Crippen molar-refractivity contribution in [2.24, 2.45) is 0 Å². The van der Waals surface area contributed by atoms with Gasteiger partial charge in [-0.25, -0.2) is 0 Å². The first-order chi connectivity index (χ1) is 12.9. The van der Waals surface area contributed by atoms with E-state index in [2.05, 4.69) is 5.32 Å². The molecule has 0 bridgehead atoms. The predicted molar refractivity (Wildman–Crippen MR) is 111 cm³/mol. The van der Waals surface area contributed by atoms with Crippen LogP contribution in [0.3, 0.4) is 0 Å². The second-order valence-electron chi connectivity index (χ2n) is 5.53. The van der Waals surface area contributed by atoms with Crippen molar-refractivity contribution >= 4 is 46.6 Å². The summed E-state index contributed by atoms with van der Waals surface area (Å²) in [7, 11) is 3.16. The van der Waals surface area contributed by atoms with Gasteiger partial charge in [-0.2, -0.15) is 0 Å². The van der Waals surface area contributed by atoms with Gasteiger partial charge in [-0.1, -0.05) is 23.2 Å². The minimum absolute atomic E-state index is 0.163. The maximum absolute atomic E-state index is 12.5. The Morgan fingerprint density at radius 3 is 2.59 bits per heavy atom. The van der Waals surface area contributed by atoms with Crippen LogP contribution in [-0.4, -0.2) is 38.6 Å². The monoisotopic (exact) mass is 429 g/mol. The average molecular weight is 430 g/mol. The third-order valence-electron chi connectivity index (χ3n) is 3.54. The standard InChI is InChI=1S/C19H21Cl2NO4S/c1-12(27-18-10-13(20)4-6-15(18)21)19(23)22-14-5-7-16(25-3)17(11-14)26-9-8-24-2/h4-7,10-12H,8-9H2,1-3H3,(H,22,23). The number of carbonyl (C=O) groups is 1. The SMILES string of the molecule is COCCOc1cc(NC(=O)C(C)Sc2cc(Cl)ccc2Cl)ccc1OC. The number of thioether (sulfide) groups is 1. The van der Waals surface area contributed by atoms with Crippen LogP contribution in [0, 0.1) is 0 Å². The number of hydrogen-bond acceptors (Lipinski definition) is 5. The fourth-order valence-electron chi connectivity index (χ4n) is 2.16. The summed E-state index contributed by atoms with van der Waals surface area (Å²) in [5.41, 5.74) is 0.609. The topological polar surface area (TPSA) is 56.8 Å². The van der Waals surface area contributed by atoms with Crippen molar-refractivity contribution in [3.8, 4) is 11.5 Å². The summed E-state index contributed by atoms with van der Waals surface area (Å²) in [5, 5.41) is 3.63. The van der Waals surface area contributed by atoms with Gasteiger partial charge in [-0.05, 0) is 37.3 Å². The van der Waals surface area contributed by atoms with E-state index in [0.29, 0.717) is 40.4 Å². The number of nitrogens with one attached hydrogen (secondary N) is 1. The van der Waals surface area contributed by atoms with Gasteiger partial charge in [-0.15, -0.1) is 11.8 Å². The van der Waals surface area contributed by atoms with Gasteiger partial charge >= 0.3 is 0 Å². The highest BCUT2D eigenvalue weighted by molar-refractivity contribution is 8.00. The van der Waals surface area contributed by atoms with Gasteiger partial charge in [0.1, 0.15) is 6.61 Å². The van der Waals surface area contributed by atoms with Crippen LogP contribution < -0.4 is 14.8 Å². The molecule has 1 unspecified atom stereocenters. The lowest BCUT2D eigenvalue weighted by Crippen LogP contribution is -2.22. The Morgan fingerprint density at radius 1 is 1.11 bits per heavy atom. The van der Waals surface area contributed by atoms with Crippen molar-refractivity contribution in [2.45, 2.75) is 17.1 Å². The number of amides is 1. The van der Waals surface area contributed by atoms with Gasteiger partial charge < -0.3 is 19.5 Å². The second kappa shape index (κ2) is 10.7. The molecule has 0 aliphatic rings. The lowest BCUT2D eigenvalue weighted by Gasteiger charge is -2.15. The molecule has 146 valence electrons. The van der Waals surface area contributed by atoms with E-state index in [9.17, 15) is 4.79 Å². The maximum atomic E-state index is 12.5. The third kappa shape index (κ3) is 6.50. The van der Waals surface area contributed by atoms with Crippen molar-refractivity contribution < 1.29 is 19.0 Å². The van der Waals surface area contributed by atoms with Gasteiger partial charge in [0.25, 0.3) is 0 Å². The number of ether oxygens (including phenoxy) is 3. The first kappa shape index (κ1) is 21.7. The van der Waals surface area contributed by atoms with E-state index in [1.54, 1.807) is 57.5 Å². The Morgan fingerprint density at radius 2 is 1.89 bits per heavy atom. The van der Waals surface area contributed by atoms with Crippen molar-refractivity contribution in [1.29, 1.82) is 0 Å². The molecular formula is C19H21Cl2NO4S. The summed E-state index contributed by atoms with van der Waals surface area (Å²) < 4.78 is 15.9. The highest BCUT2D eigenvalue weighted by Gasteiger charge is 2.17. The molecule has 0 saturated heterocycles. The molecule has 2 aromatic rings. The zero-order valence-corrected chi connectivity index (χ0v) is 17.6. The Hall–Kier alpha value is -1.60. The smallest absolute Gasteiger partial charge is 0.237 e. The molecule has 0 aliphatic heterocycles. The van der Waals surface area contributed by atoms with Gasteiger partial charge in [0.05, 0.1) is 24.0 Å². The molecule has 0 spiro atoms. The van der Waals surface area contributed by atoms with Crippen LogP contribution in [0.4, 0.5) is 5.69 Å². The molecule has 0 radical (unpaired) electrons. The van der Waals surface area contributed by atoms with Crippen LogP contribution in [0.5, 0.6) is 11.5 Å². The average Bonchev–Trinajstić information content (AvgIpc) is 2.65. The molecule has 0 heterocycles. The van der Waals surface area contributed by atoms with E-state index in [1.165, 1.54) is 11.8 Å². The maximum Gasteiger partial charge on any atom is 0.237 e. The third-order valence-corrected chi connectivity index (χ3v) is 5.38. The number of hydrogen-bond donors (Lipinski definition) is 1. The Kier molecular flexibility index (Phi) is 8.57. The molecule has 8 heteroatoms. The first-order valence-corrected chi connectivity index (χ1v) is 9.80. The first-order valence-electron chi connectivity index (χ1n) is 8.17. The lowest BCUT2D eigenvalue weighted by atomic mass is 10.2. The van der Waals surface area contributed by atoms with Crippen molar-refractivity contribution in [2.75, 3.05) is 32.8 Å². The molecule has 0 fully saturated rings. The molecular weight excluding hydrogens is 409 g/mol. The van der Waals surface area contributed by atoms with Gasteiger partial charge in [0, 0.05) is 28.8 Å². The zero-order valence-electron chi connectivity index (χ0n) is 15.3. The van der Waals surface area contributed by atoms with Crippen LogP contribution in [0.15, 0.2) is 41.3 Å². The molecule has 5 nitrogen and oxygen atoms in total. The molecule has 1 N–H and O–H groups in total. The van der Waals surface area contributed by atoms with E-state index in [0.717, 1.165) is 4.90 Å². The molecule has 0 aliphatic carbocycles. The molecule has 1 amide bonds.